The van der Waals surface area contributed by atoms with Gasteiger partial charge in [0.05, 0.1) is 30.3 Å². The maximum absolute atomic E-state index is 14.6. The first kappa shape index (κ1) is 40.9. The van der Waals surface area contributed by atoms with E-state index in [9.17, 15) is 45.6 Å². The first-order valence-corrected chi connectivity index (χ1v) is 20.4. The SMILES string of the molecule is CC1CC[C@]2(C(=O)OC3OC(CO)C(O)C(O)C3O)CC[C@]3(C)C(=CCC4[C@@]5(C)CCC(OC6OCC(O)C(O)C6O)C(C)(C)C5CC[C@]43C)C2[C@]1(C)O. The smallest absolute Gasteiger partial charge is 0.315 e. The number of esters is 1. The number of fused-ring (bicyclic) bond motifs is 7. The summed E-state index contributed by atoms with van der Waals surface area (Å²) in [5, 5.41) is 84.8. The second-order valence-electron chi connectivity index (χ2n) is 19.9. The van der Waals surface area contributed by atoms with Crippen LogP contribution < -0.4 is 0 Å². The fourth-order valence-electron chi connectivity index (χ4n) is 13.5. The van der Waals surface area contributed by atoms with Crippen LogP contribution in [0.1, 0.15) is 106 Å². The largest absolute Gasteiger partial charge is 0.432 e. The standard InChI is InChI=1S/C41H66O13/c1-20-10-15-41(35(49)54-34-31(48)29(46)28(45)23(18-42)52-34)17-16-38(5)21(32(41)40(20,7)50)8-9-25-37(4)13-12-26(36(2,3)24(37)11-14-39(25,38)6)53-33-30(47)27(44)22(43)19-51-33/h8,20,22-34,42-48,50H,9-19H2,1-7H3/t20?,22?,23?,24?,25?,26?,27?,28?,29?,30?,31?,32?,33?,34?,37-,38+,39+,40+,41-/m0/s1. The van der Waals surface area contributed by atoms with Gasteiger partial charge in [0.1, 0.15) is 42.7 Å². The van der Waals surface area contributed by atoms with Crippen molar-refractivity contribution in [1.82, 2.24) is 0 Å². The molecule has 7 rings (SSSR count). The molecule has 13 heteroatoms. The zero-order chi connectivity index (χ0) is 39.6. The Morgan fingerprint density at radius 2 is 1.50 bits per heavy atom. The predicted octanol–water partition coefficient (Wildman–Crippen LogP) is 1.93. The van der Waals surface area contributed by atoms with Crippen molar-refractivity contribution in [1.29, 1.82) is 0 Å². The number of hydrogen-bond donors (Lipinski definition) is 8. The van der Waals surface area contributed by atoms with Crippen molar-refractivity contribution in [3.05, 3.63) is 11.6 Å². The molecule has 0 amide bonds. The van der Waals surface area contributed by atoms with Gasteiger partial charge in [0.25, 0.3) is 0 Å². The number of allylic oxidation sites excluding steroid dienone is 1. The molecule has 14 unspecified atom stereocenters. The average molecular weight is 767 g/mol. The second-order valence-corrected chi connectivity index (χ2v) is 19.9. The molecule has 8 N–H and O–H groups in total. The molecule has 19 atom stereocenters. The third-order valence-corrected chi connectivity index (χ3v) is 17.2. The molecule has 0 spiro atoms. The van der Waals surface area contributed by atoms with Crippen LogP contribution in [0, 0.1) is 50.7 Å². The monoisotopic (exact) mass is 766 g/mol. The summed E-state index contributed by atoms with van der Waals surface area (Å²) in [7, 11) is 0. The number of hydrogen-bond acceptors (Lipinski definition) is 13. The number of rotatable bonds is 5. The number of aliphatic hydroxyl groups is 8. The van der Waals surface area contributed by atoms with Gasteiger partial charge in [-0.25, -0.2) is 0 Å². The maximum Gasteiger partial charge on any atom is 0.315 e. The van der Waals surface area contributed by atoms with Crippen LogP contribution in [0.4, 0.5) is 0 Å². The van der Waals surface area contributed by atoms with E-state index < -0.39 is 84.8 Å². The molecule has 0 aromatic heterocycles. The molecule has 6 fully saturated rings. The lowest BCUT2D eigenvalue weighted by molar-refractivity contribution is -0.308. The van der Waals surface area contributed by atoms with E-state index in [2.05, 4.69) is 40.7 Å². The molecule has 54 heavy (non-hydrogen) atoms. The fraction of sp³-hybridized carbons (Fsp3) is 0.927. The summed E-state index contributed by atoms with van der Waals surface area (Å²) in [5.74, 6) is -0.699. The maximum atomic E-state index is 14.6. The molecule has 0 bridgehead atoms. The minimum absolute atomic E-state index is 0.0674. The van der Waals surface area contributed by atoms with E-state index in [0.717, 1.165) is 37.7 Å². The van der Waals surface area contributed by atoms with E-state index in [0.29, 0.717) is 31.6 Å². The molecule has 2 heterocycles. The quantitative estimate of drug-likeness (QED) is 0.114. The van der Waals surface area contributed by atoms with Gasteiger partial charge in [-0.15, -0.1) is 0 Å². The van der Waals surface area contributed by atoms with Crippen molar-refractivity contribution in [3.63, 3.8) is 0 Å². The summed E-state index contributed by atoms with van der Waals surface area (Å²) < 4.78 is 23.7. The average Bonchev–Trinajstić information content (AvgIpc) is 3.11. The van der Waals surface area contributed by atoms with Crippen molar-refractivity contribution in [2.24, 2.45) is 50.7 Å². The summed E-state index contributed by atoms with van der Waals surface area (Å²) in [6.07, 6.45) is -4.04. The van der Waals surface area contributed by atoms with Gasteiger partial charge in [0, 0.05) is 5.92 Å². The molecule has 2 aliphatic heterocycles. The number of aliphatic hydroxyl groups excluding tert-OH is 7. The molecule has 4 saturated carbocycles. The molecule has 5 aliphatic carbocycles. The van der Waals surface area contributed by atoms with Crippen molar-refractivity contribution >= 4 is 5.97 Å². The Morgan fingerprint density at radius 1 is 0.815 bits per heavy atom. The topological polar surface area (TPSA) is 216 Å². The Labute approximate surface area is 319 Å². The third-order valence-electron chi connectivity index (χ3n) is 17.2. The number of carbonyl (C=O) groups excluding carboxylic acids is 1. The Bertz CT molecular complexity index is 1470. The van der Waals surface area contributed by atoms with Crippen LogP contribution in [0.5, 0.6) is 0 Å². The van der Waals surface area contributed by atoms with Crippen LogP contribution in [0.2, 0.25) is 0 Å². The number of carbonyl (C=O) groups is 1. The molecule has 0 aromatic carbocycles. The predicted molar refractivity (Wildman–Crippen MR) is 193 cm³/mol. The summed E-state index contributed by atoms with van der Waals surface area (Å²) in [6, 6.07) is 0. The Balaban J connectivity index is 1.19. The molecule has 308 valence electrons. The summed E-state index contributed by atoms with van der Waals surface area (Å²) in [4.78, 5) is 14.6. The molecule has 0 aromatic rings. The van der Waals surface area contributed by atoms with Crippen LogP contribution in [-0.2, 0) is 23.7 Å². The highest BCUT2D eigenvalue weighted by Crippen LogP contribution is 2.76. The van der Waals surface area contributed by atoms with Crippen LogP contribution in [0.3, 0.4) is 0 Å². The molecule has 7 aliphatic rings. The van der Waals surface area contributed by atoms with Crippen LogP contribution >= 0.6 is 0 Å². The number of ether oxygens (including phenoxy) is 4. The zero-order valence-electron chi connectivity index (χ0n) is 33.1. The summed E-state index contributed by atoms with van der Waals surface area (Å²) in [6.45, 7) is 14.8. The van der Waals surface area contributed by atoms with Crippen molar-refractivity contribution in [2.75, 3.05) is 13.2 Å². The lowest BCUT2D eigenvalue weighted by Gasteiger charge is -2.72. The van der Waals surface area contributed by atoms with E-state index in [1.807, 2.05) is 13.8 Å². The molecular formula is C41H66O13. The normalized spacial score (nSPS) is 55.6. The van der Waals surface area contributed by atoms with Crippen molar-refractivity contribution in [2.45, 2.75) is 173 Å². The van der Waals surface area contributed by atoms with Gasteiger partial charge in [-0.05, 0) is 104 Å². The van der Waals surface area contributed by atoms with E-state index in [4.69, 9.17) is 18.9 Å². The highest BCUT2D eigenvalue weighted by atomic mass is 16.7. The Hall–Kier alpha value is -1.23. The van der Waals surface area contributed by atoms with Gasteiger partial charge in [-0.3, -0.25) is 4.79 Å². The van der Waals surface area contributed by atoms with Gasteiger partial charge in [-0.1, -0.05) is 53.2 Å². The Kier molecular flexibility index (Phi) is 10.4. The minimum atomic E-state index is -1.72. The molecule has 2 saturated heterocycles. The van der Waals surface area contributed by atoms with Gasteiger partial charge in [0.15, 0.2) is 6.29 Å². The van der Waals surface area contributed by atoms with Gasteiger partial charge >= 0.3 is 5.97 Å². The Morgan fingerprint density at radius 3 is 2.19 bits per heavy atom. The van der Waals surface area contributed by atoms with E-state index in [1.165, 1.54) is 0 Å². The van der Waals surface area contributed by atoms with Crippen LogP contribution in [0.15, 0.2) is 11.6 Å². The fourth-order valence-corrected chi connectivity index (χ4v) is 13.5. The molecule has 0 radical (unpaired) electrons. The lowest BCUT2D eigenvalue weighted by Crippen LogP contribution is -2.68. The van der Waals surface area contributed by atoms with Gasteiger partial charge in [0.2, 0.25) is 6.29 Å². The highest BCUT2D eigenvalue weighted by Gasteiger charge is 2.72. The molecular weight excluding hydrogens is 700 g/mol. The highest BCUT2D eigenvalue weighted by molar-refractivity contribution is 5.79. The summed E-state index contributed by atoms with van der Waals surface area (Å²) >= 11 is 0. The first-order chi connectivity index (χ1) is 25.1. The lowest BCUT2D eigenvalue weighted by atomic mass is 9.33. The van der Waals surface area contributed by atoms with Crippen LogP contribution in [0.25, 0.3) is 0 Å². The van der Waals surface area contributed by atoms with Crippen molar-refractivity contribution in [3.8, 4) is 0 Å². The molecule has 13 nitrogen and oxygen atoms in total. The minimum Gasteiger partial charge on any atom is -0.432 e. The van der Waals surface area contributed by atoms with E-state index >= 15 is 0 Å². The zero-order valence-corrected chi connectivity index (χ0v) is 33.1. The van der Waals surface area contributed by atoms with E-state index in [-0.39, 0.29) is 46.2 Å². The van der Waals surface area contributed by atoms with Gasteiger partial charge in [-0.2, -0.15) is 0 Å². The second kappa shape index (κ2) is 13.7. The van der Waals surface area contributed by atoms with Crippen molar-refractivity contribution < 1.29 is 64.6 Å². The van der Waals surface area contributed by atoms with Gasteiger partial charge < -0.3 is 59.8 Å². The third kappa shape index (κ3) is 5.68. The van der Waals surface area contributed by atoms with Crippen LogP contribution in [-0.4, -0.2) is 127 Å². The first-order valence-electron chi connectivity index (χ1n) is 20.4. The summed E-state index contributed by atoms with van der Waals surface area (Å²) in [5.41, 5.74) is -2.15. The van der Waals surface area contributed by atoms with E-state index in [1.54, 1.807) is 0 Å².